The molecule has 6 heteroatoms. The maximum Gasteiger partial charge on any atom is 0.255 e. The average Bonchev–Trinajstić information content (AvgIpc) is 2.54. The van der Waals surface area contributed by atoms with Crippen LogP contribution in [0.15, 0.2) is 42.6 Å². The first-order chi connectivity index (χ1) is 10.2. The summed E-state index contributed by atoms with van der Waals surface area (Å²) in [6.07, 6.45) is 2.49. The largest absolute Gasteiger partial charge is 0.491 e. The van der Waals surface area contributed by atoms with Gasteiger partial charge in [0.1, 0.15) is 5.75 Å². The van der Waals surface area contributed by atoms with E-state index in [2.05, 4.69) is 10.3 Å². The topological polar surface area (TPSA) is 77.2 Å². The molecule has 22 heavy (non-hydrogen) atoms. The first-order valence-electron chi connectivity index (χ1n) is 6.92. The molecule has 2 aromatic rings. The number of halogens is 1. The molecule has 0 spiro atoms. The number of amides is 1. The molecule has 0 atom stereocenters. The van der Waals surface area contributed by atoms with E-state index in [0.29, 0.717) is 35.8 Å². The van der Waals surface area contributed by atoms with Gasteiger partial charge < -0.3 is 15.8 Å². The molecular weight excluding hydrogens is 302 g/mol. The Bertz CT molecular complexity index is 620. The standard InChI is InChI=1S/C16H19N3O2.ClH/c1-2-9-21-15-6-4-3-5-14(15)19-16(20)12-7-8-18-13(10-12)11-17;/h3-8,10H,2,9,11,17H2,1H3,(H,19,20);1H. The van der Waals surface area contributed by atoms with E-state index < -0.39 is 0 Å². The van der Waals surface area contributed by atoms with Crippen LogP contribution in [-0.4, -0.2) is 17.5 Å². The number of aromatic nitrogens is 1. The average molecular weight is 322 g/mol. The molecule has 1 aromatic carbocycles. The van der Waals surface area contributed by atoms with Crippen molar-refractivity contribution in [2.45, 2.75) is 19.9 Å². The van der Waals surface area contributed by atoms with Crippen LogP contribution in [0.3, 0.4) is 0 Å². The summed E-state index contributed by atoms with van der Waals surface area (Å²) in [5.41, 5.74) is 7.39. The third-order valence-corrected chi connectivity index (χ3v) is 2.88. The fourth-order valence-corrected chi connectivity index (χ4v) is 1.83. The molecular formula is C16H20ClN3O2. The van der Waals surface area contributed by atoms with Crippen LogP contribution in [0, 0.1) is 0 Å². The molecule has 3 N–H and O–H groups in total. The Labute approximate surface area is 136 Å². The van der Waals surface area contributed by atoms with Crippen LogP contribution in [0.2, 0.25) is 0 Å². The molecule has 5 nitrogen and oxygen atoms in total. The third kappa shape index (κ3) is 4.72. The van der Waals surface area contributed by atoms with Gasteiger partial charge in [-0.15, -0.1) is 12.4 Å². The van der Waals surface area contributed by atoms with E-state index in [1.54, 1.807) is 18.3 Å². The molecule has 118 valence electrons. The predicted molar refractivity (Wildman–Crippen MR) is 89.6 cm³/mol. The molecule has 0 unspecified atom stereocenters. The molecule has 0 fully saturated rings. The van der Waals surface area contributed by atoms with Crippen molar-refractivity contribution >= 4 is 24.0 Å². The molecule has 0 bridgehead atoms. The van der Waals surface area contributed by atoms with Crippen LogP contribution in [0.25, 0.3) is 0 Å². The van der Waals surface area contributed by atoms with E-state index in [9.17, 15) is 4.79 Å². The zero-order valence-corrected chi connectivity index (χ0v) is 13.2. The number of ether oxygens (including phenoxy) is 1. The van der Waals surface area contributed by atoms with Crippen LogP contribution in [-0.2, 0) is 6.54 Å². The summed E-state index contributed by atoms with van der Waals surface area (Å²) in [5, 5.41) is 2.85. The first-order valence-corrected chi connectivity index (χ1v) is 6.92. The molecule has 0 aliphatic carbocycles. The minimum absolute atomic E-state index is 0. The van der Waals surface area contributed by atoms with E-state index in [1.807, 2.05) is 31.2 Å². The van der Waals surface area contributed by atoms with Crippen molar-refractivity contribution in [1.29, 1.82) is 0 Å². The number of hydrogen-bond donors (Lipinski definition) is 2. The van der Waals surface area contributed by atoms with Crippen LogP contribution in [0.1, 0.15) is 29.4 Å². The lowest BCUT2D eigenvalue weighted by Gasteiger charge is -2.12. The van der Waals surface area contributed by atoms with Gasteiger partial charge in [0.2, 0.25) is 0 Å². The summed E-state index contributed by atoms with van der Waals surface area (Å²) in [7, 11) is 0. The second-order valence-corrected chi connectivity index (χ2v) is 4.54. The van der Waals surface area contributed by atoms with Crippen molar-refractivity contribution in [3.05, 3.63) is 53.9 Å². The molecule has 0 radical (unpaired) electrons. The first kappa shape index (κ1) is 17.9. The maximum atomic E-state index is 12.3. The van der Waals surface area contributed by atoms with Crippen molar-refractivity contribution in [2.24, 2.45) is 5.73 Å². The second kappa shape index (κ2) is 9.02. The number of carbonyl (C=O) groups excluding carboxylic acids is 1. The SMILES string of the molecule is CCCOc1ccccc1NC(=O)c1ccnc(CN)c1.Cl. The van der Waals surface area contributed by atoms with Gasteiger partial charge in [-0.2, -0.15) is 0 Å². The van der Waals surface area contributed by atoms with Crippen LogP contribution in [0.5, 0.6) is 5.75 Å². The Hall–Kier alpha value is -2.11. The second-order valence-electron chi connectivity index (χ2n) is 4.54. The van der Waals surface area contributed by atoms with E-state index in [0.717, 1.165) is 6.42 Å². The summed E-state index contributed by atoms with van der Waals surface area (Å²) in [4.78, 5) is 16.3. The summed E-state index contributed by atoms with van der Waals surface area (Å²) in [5.74, 6) is 0.459. The van der Waals surface area contributed by atoms with Gasteiger partial charge >= 0.3 is 0 Å². The zero-order chi connectivity index (χ0) is 15.1. The summed E-state index contributed by atoms with van der Waals surface area (Å²) < 4.78 is 5.62. The number of nitrogens with one attached hydrogen (secondary N) is 1. The number of pyridine rings is 1. The van der Waals surface area contributed by atoms with Crippen molar-refractivity contribution in [2.75, 3.05) is 11.9 Å². The quantitative estimate of drug-likeness (QED) is 0.857. The molecule has 1 amide bonds. The molecule has 1 aromatic heterocycles. The van der Waals surface area contributed by atoms with Crippen LogP contribution in [0.4, 0.5) is 5.69 Å². The van der Waals surface area contributed by atoms with Gasteiger partial charge in [-0.05, 0) is 30.7 Å². The Kier molecular flexibility index (Phi) is 7.36. The van der Waals surface area contributed by atoms with Gasteiger partial charge in [0.05, 0.1) is 18.0 Å². The smallest absolute Gasteiger partial charge is 0.255 e. The zero-order valence-electron chi connectivity index (χ0n) is 12.4. The fraction of sp³-hybridized carbons (Fsp3) is 0.250. The van der Waals surface area contributed by atoms with Gasteiger partial charge in [-0.25, -0.2) is 0 Å². The van der Waals surface area contributed by atoms with Gasteiger partial charge in [-0.3, -0.25) is 9.78 Å². The van der Waals surface area contributed by atoms with Crippen molar-refractivity contribution < 1.29 is 9.53 Å². The van der Waals surface area contributed by atoms with Gasteiger partial charge in [0.15, 0.2) is 0 Å². The van der Waals surface area contributed by atoms with E-state index >= 15 is 0 Å². The lowest BCUT2D eigenvalue weighted by molar-refractivity contribution is 0.102. The summed E-state index contributed by atoms with van der Waals surface area (Å²) in [6, 6.07) is 10.7. The molecule has 0 saturated carbocycles. The lowest BCUT2D eigenvalue weighted by Crippen LogP contribution is -2.14. The maximum absolute atomic E-state index is 12.3. The van der Waals surface area contributed by atoms with Gasteiger partial charge in [-0.1, -0.05) is 19.1 Å². The lowest BCUT2D eigenvalue weighted by atomic mass is 10.2. The van der Waals surface area contributed by atoms with Crippen molar-refractivity contribution in [1.82, 2.24) is 4.98 Å². The minimum Gasteiger partial charge on any atom is -0.491 e. The Morgan fingerprint density at radius 3 is 2.82 bits per heavy atom. The van der Waals surface area contributed by atoms with Gasteiger partial charge in [0, 0.05) is 18.3 Å². The summed E-state index contributed by atoms with van der Waals surface area (Å²) in [6.45, 7) is 2.95. The number of carbonyl (C=O) groups is 1. The highest BCUT2D eigenvalue weighted by molar-refractivity contribution is 6.05. The van der Waals surface area contributed by atoms with Crippen LogP contribution < -0.4 is 15.8 Å². The molecule has 0 aliphatic rings. The molecule has 0 saturated heterocycles. The molecule has 2 rings (SSSR count). The van der Waals surface area contributed by atoms with Crippen LogP contribution >= 0.6 is 12.4 Å². The molecule has 0 aliphatic heterocycles. The van der Waals surface area contributed by atoms with Crippen molar-refractivity contribution in [3.8, 4) is 5.75 Å². The van der Waals surface area contributed by atoms with E-state index in [-0.39, 0.29) is 18.3 Å². The Balaban J connectivity index is 0.00000242. The predicted octanol–water partition coefficient (Wildman–Crippen LogP) is 3.00. The highest BCUT2D eigenvalue weighted by Crippen LogP contribution is 2.24. The third-order valence-electron chi connectivity index (χ3n) is 2.88. The van der Waals surface area contributed by atoms with Crippen molar-refractivity contribution in [3.63, 3.8) is 0 Å². The normalized spacial score (nSPS) is 9.73. The number of benzene rings is 1. The van der Waals surface area contributed by atoms with E-state index in [1.165, 1.54) is 0 Å². The highest BCUT2D eigenvalue weighted by Gasteiger charge is 2.10. The molecule has 1 heterocycles. The number of anilines is 1. The number of rotatable bonds is 6. The number of hydrogen-bond acceptors (Lipinski definition) is 4. The Morgan fingerprint density at radius 1 is 1.32 bits per heavy atom. The highest BCUT2D eigenvalue weighted by atomic mass is 35.5. The minimum atomic E-state index is -0.209. The monoisotopic (exact) mass is 321 g/mol. The number of para-hydroxylation sites is 2. The summed E-state index contributed by atoms with van der Waals surface area (Å²) >= 11 is 0. The van der Waals surface area contributed by atoms with E-state index in [4.69, 9.17) is 10.5 Å². The van der Waals surface area contributed by atoms with Gasteiger partial charge in [0.25, 0.3) is 5.91 Å². The fourth-order valence-electron chi connectivity index (χ4n) is 1.83. The number of nitrogens with zero attached hydrogens (tertiary/aromatic N) is 1. The Morgan fingerprint density at radius 2 is 2.09 bits per heavy atom. The number of nitrogens with two attached hydrogens (primary N) is 1.